The van der Waals surface area contributed by atoms with Crippen molar-refractivity contribution in [2.75, 3.05) is 0 Å². The molecule has 11 heteroatoms. The summed E-state index contributed by atoms with van der Waals surface area (Å²) in [4.78, 5) is 10.2. The van der Waals surface area contributed by atoms with Gasteiger partial charge in [0.25, 0.3) is 20.2 Å². The maximum atomic E-state index is 10.4. The molecule has 0 aromatic heterocycles. The number of carboxylic acids is 1. The van der Waals surface area contributed by atoms with Gasteiger partial charge in [-0.05, 0) is 0 Å². The zero-order valence-corrected chi connectivity index (χ0v) is 9.48. The Hall–Kier alpha value is -1.01. The van der Waals surface area contributed by atoms with Crippen molar-refractivity contribution >= 4 is 26.2 Å². The van der Waals surface area contributed by atoms with E-state index in [2.05, 4.69) is 18.9 Å². The summed E-state index contributed by atoms with van der Waals surface area (Å²) in [6.45, 7) is 6.00. The molecule has 5 N–H and O–H groups in total. The molecule has 1 unspecified atom stereocenters. The van der Waals surface area contributed by atoms with Crippen LogP contribution in [-0.2, 0) is 25.0 Å². The highest BCUT2D eigenvalue weighted by atomic mass is 32.3. The van der Waals surface area contributed by atoms with Crippen molar-refractivity contribution in [2.45, 2.75) is 10.6 Å². The van der Waals surface area contributed by atoms with Gasteiger partial charge in [-0.2, -0.15) is 16.8 Å². The zero-order valence-electron chi connectivity index (χ0n) is 7.85. The predicted octanol–water partition coefficient (Wildman–Crippen LogP) is -1.70. The molecular formula is C5H11NO8S2. The number of nitrogens with two attached hydrogens (primary N) is 1. The quantitative estimate of drug-likeness (QED) is 0.345. The van der Waals surface area contributed by atoms with Crippen LogP contribution in [0.2, 0.25) is 0 Å². The molecule has 0 saturated carbocycles. The molecule has 9 nitrogen and oxygen atoms in total. The second-order valence-electron chi connectivity index (χ2n) is 2.26. The van der Waals surface area contributed by atoms with Gasteiger partial charge < -0.3 is 10.8 Å². The average Bonchev–Trinajstić information content (AvgIpc) is 2.02. The number of hydrogen-bond acceptors (Lipinski definition) is 6. The van der Waals surface area contributed by atoms with E-state index in [1.165, 1.54) is 0 Å². The summed E-state index contributed by atoms with van der Waals surface area (Å²) in [6, 6.07) is -2.47. The van der Waals surface area contributed by atoms with E-state index in [1.807, 2.05) is 0 Å². The van der Waals surface area contributed by atoms with E-state index in [1.54, 1.807) is 0 Å². The van der Waals surface area contributed by atoms with E-state index in [9.17, 15) is 21.6 Å². The molecule has 0 aromatic carbocycles. The normalized spacial score (nSPS) is 13.8. The highest BCUT2D eigenvalue weighted by Crippen LogP contribution is 2.10. The number of hydrogen-bond donors (Lipinski definition) is 4. The summed E-state index contributed by atoms with van der Waals surface area (Å²) in [5.74, 6) is -2.00. The van der Waals surface area contributed by atoms with Gasteiger partial charge in [-0.1, -0.05) is 0 Å². The van der Waals surface area contributed by atoms with E-state index < -0.39 is 36.8 Å². The first-order valence-corrected chi connectivity index (χ1v) is 6.39. The number of rotatable bonds is 4. The molecule has 0 radical (unpaired) electrons. The minimum absolute atomic E-state index is 2.00. The maximum Gasteiger partial charge on any atom is 0.323 e. The van der Waals surface area contributed by atoms with E-state index in [0.29, 0.717) is 0 Å². The van der Waals surface area contributed by atoms with Gasteiger partial charge in [0.1, 0.15) is 6.04 Å². The molecule has 0 aromatic rings. The number of carboxylic acid groups (broad SMARTS) is 1. The SMILES string of the molecule is C=C.NC(C(=O)O)C(S(=O)(=O)O)S(=O)(=O)O. The van der Waals surface area contributed by atoms with Gasteiger partial charge in [0, 0.05) is 0 Å². The molecule has 0 rings (SSSR count). The van der Waals surface area contributed by atoms with Crippen LogP contribution in [0.1, 0.15) is 0 Å². The van der Waals surface area contributed by atoms with Crippen LogP contribution in [0.15, 0.2) is 13.2 Å². The molecule has 0 aliphatic heterocycles. The first-order valence-electron chi connectivity index (χ1n) is 3.39. The molecule has 0 saturated heterocycles. The van der Waals surface area contributed by atoms with Crippen LogP contribution >= 0.6 is 0 Å². The largest absolute Gasteiger partial charge is 0.480 e. The third kappa shape index (κ3) is 5.18. The molecule has 0 aliphatic rings. The summed E-state index contributed by atoms with van der Waals surface area (Å²) in [5.41, 5.74) is 4.66. The molecule has 1 atom stereocenters. The van der Waals surface area contributed by atoms with Gasteiger partial charge >= 0.3 is 5.97 Å². The Labute approximate surface area is 92.1 Å². The Morgan fingerprint density at radius 2 is 1.31 bits per heavy atom. The Morgan fingerprint density at radius 1 is 1.06 bits per heavy atom. The van der Waals surface area contributed by atoms with Gasteiger partial charge in [-0.3, -0.25) is 13.9 Å². The molecule has 0 aliphatic carbocycles. The fourth-order valence-electron chi connectivity index (χ4n) is 0.641. The van der Waals surface area contributed by atoms with Gasteiger partial charge in [0.2, 0.25) is 4.58 Å². The van der Waals surface area contributed by atoms with Crippen LogP contribution in [0, 0.1) is 0 Å². The highest BCUT2D eigenvalue weighted by Gasteiger charge is 2.44. The van der Waals surface area contributed by atoms with Crippen molar-refractivity contribution in [3.63, 3.8) is 0 Å². The Bertz CT molecular complexity index is 405. The van der Waals surface area contributed by atoms with Crippen molar-refractivity contribution in [1.82, 2.24) is 0 Å². The van der Waals surface area contributed by atoms with Crippen molar-refractivity contribution in [3.8, 4) is 0 Å². The first kappa shape index (κ1) is 17.4. The lowest BCUT2D eigenvalue weighted by Crippen LogP contribution is -2.50. The van der Waals surface area contributed by atoms with Crippen LogP contribution in [0.4, 0.5) is 0 Å². The molecule has 96 valence electrons. The van der Waals surface area contributed by atoms with Crippen molar-refractivity contribution in [2.24, 2.45) is 5.73 Å². The van der Waals surface area contributed by atoms with Crippen LogP contribution in [-0.4, -0.2) is 47.6 Å². The minimum atomic E-state index is -5.31. The lowest BCUT2D eigenvalue weighted by atomic mass is 10.4. The van der Waals surface area contributed by atoms with E-state index in [0.717, 1.165) is 0 Å². The van der Waals surface area contributed by atoms with Crippen molar-refractivity contribution < 1.29 is 35.8 Å². The third-order valence-corrected chi connectivity index (χ3v) is 4.39. The van der Waals surface area contributed by atoms with Gasteiger partial charge in [-0.15, -0.1) is 13.2 Å². The highest BCUT2D eigenvalue weighted by molar-refractivity contribution is 8.04. The lowest BCUT2D eigenvalue weighted by molar-refractivity contribution is -0.138. The fourth-order valence-corrected chi connectivity index (χ4v) is 2.84. The van der Waals surface area contributed by atoms with Gasteiger partial charge in [-0.25, -0.2) is 0 Å². The second kappa shape index (κ2) is 5.91. The predicted molar refractivity (Wildman–Crippen MR) is 53.8 cm³/mol. The Morgan fingerprint density at radius 3 is 1.38 bits per heavy atom. The van der Waals surface area contributed by atoms with Crippen molar-refractivity contribution in [3.05, 3.63) is 13.2 Å². The Kier molecular flexibility index (Phi) is 6.42. The standard InChI is InChI=1S/C3H7NO8S2.C2H4/c4-1(2(5)6)3(13(7,8)9)14(10,11)12;1-2/h1,3H,4H2,(H,5,6)(H,7,8,9)(H,10,11,12);1-2H2. The second-order valence-corrected chi connectivity index (χ2v) is 5.64. The first-order chi connectivity index (χ1) is 6.98. The molecule has 16 heavy (non-hydrogen) atoms. The molecule has 0 spiro atoms. The van der Waals surface area contributed by atoms with Crippen LogP contribution in [0.5, 0.6) is 0 Å². The van der Waals surface area contributed by atoms with Crippen LogP contribution in [0.25, 0.3) is 0 Å². The fraction of sp³-hybridized carbons (Fsp3) is 0.400. The summed E-state index contributed by atoms with van der Waals surface area (Å²) in [7, 11) is -10.6. The van der Waals surface area contributed by atoms with E-state index >= 15 is 0 Å². The van der Waals surface area contributed by atoms with Gasteiger partial charge in [0.15, 0.2) is 0 Å². The number of carbonyl (C=O) groups is 1. The lowest BCUT2D eigenvalue weighted by Gasteiger charge is -2.13. The zero-order chi connectivity index (χ0) is 13.7. The average molecular weight is 277 g/mol. The van der Waals surface area contributed by atoms with Crippen LogP contribution < -0.4 is 5.73 Å². The maximum absolute atomic E-state index is 10.4. The van der Waals surface area contributed by atoms with Crippen molar-refractivity contribution in [1.29, 1.82) is 0 Å². The van der Waals surface area contributed by atoms with E-state index in [-0.39, 0.29) is 0 Å². The Balaban J connectivity index is 0. The van der Waals surface area contributed by atoms with E-state index in [4.69, 9.17) is 14.2 Å². The summed E-state index contributed by atoms with van der Waals surface area (Å²) in [5, 5.41) is 8.20. The molecular weight excluding hydrogens is 266 g/mol. The molecule has 0 amide bonds. The topological polar surface area (TPSA) is 172 Å². The molecule has 0 heterocycles. The third-order valence-electron chi connectivity index (χ3n) is 1.17. The summed E-state index contributed by atoms with van der Waals surface area (Å²) < 4.78 is 55.2. The monoisotopic (exact) mass is 277 g/mol. The smallest absolute Gasteiger partial charge is 0.323 e. The molecule has 0 bridgehead atoms. The molecule has 0 fully saturated rings. The minimum Gasteiger partial charge on any atom is -0.480 e. The van der Waals surface area contributed by atoms with Crippen LogP contribution in [0.3, 0.4) is 0 Å². The van der Waals surface area contributed by atoms with Gasteiger partial charge in [0.05, 0.1) is 0 Å². The summed E-state index contributed by atoms with van der Waals surface area (Å²) >= 11 is 0. The number of aliphatic carboxylic acids is 1. The summed E-state index contributed by atoms with van der Waals surface area (Å²) in [6.07, 6.45) is 0.